The van der Waals surface area contributed by atoms with Gasteiger partial charge in [0.15, 0.2) is 0 Å². The number of hydrogen-bond donors (Lipinski definition) is 1. The molecule has 1 N–H and O–H groups in total. The summed E-state index contributed by atoms with van der Waals surface area (Å²) in [4.78, 5) is 0. The minimum atomic E-state index is 0.316. The van der Waals surface area contributed by atoms with Crippen LogP contribution in [0.5, 0.6) is 0 Å². The zero-order chi connectivity index (χ0) is 8.91. The SMILES string of the molecule is CCN/C=C(\CC)C(C)(C)C. The van der Waals surface area contributed by atoms with Crippen LogP contribution in [-0.2, 0) is 0 Å². The van der Waals surface area contributed by atoms with Crippen molar-refractivity contribution in [3.05, 3.63) is 11.8 Å². The standard InChI is InChI=1S/C10H21N/c1-6-9(8-11-7-2)10(3,4)5/h8,11H,6-7H2,1-5H3/b9-8+. The molecule has 0 aromatic rings. The Morgan fingerprint density at radius 2 is 1.82 bits per heavy atom. The summed E-state index contributed by atoms with van der Waals surface area (Å²) in [5.41, 5.74) is 1.80. The maximum absolute atomic E-state index is 3.24. The van der Waals surface area contributed by atoms with Crippen molar-refractivity contribution >= 4 is 0 Å². The number of rotatable bonds is 3. The molecule has 0 amide bonds. The first-order valence-electron chi connectivity index (χ1n) is 4.45. The van der Waals surface area contributed by atoms with Gasteiger partial charge in [-0.3, -0.25) is 0 Å². The minimum Gasteiger partial charge on any atom is -0.391 e. The van der Waals surface area contributed by atoms with Crippen molar-refractivity contribution in [2.24, 2.45) is 5.41 Å². The van der Waals surface area contributed by atoms with Gasteiger partial charge in [-0.05, 0) is 30.5 Å². The molecule has 1 heteroatoms. The molecule has 0 aromatic carbocycles. The van der Waals surface area contributed by atoms with Crippen LogP contribution in [-0.4, -0.2) is 6.54 Å². The molecule has 0 aliphatic heterocycles. The summed E-state index contributed by atoms with van der Waals surface area (Å²) in [6.45, 7) is 12.1. The second kappa shape index (κ2) is 4.42. The van der Waals surface area contributed by atoms with Crippen molar-refractivity contribution in [3.63, 3.8) is 0 Å². The Morgan fingerprint density at radius 1 is 1.27 bits per heavy atom. The Morgan fingerprint density at radius 3 is 2.09 bits per heavy atom. The molecule has 11 heavy (non-hydrogen) atoms. The molecule has 0 radical (unpaired) electrons. The fourth-order valence-corrected chi connectivity index (χ4v) is 1.07. The molecular weight excluding hydrogens is 134 g/mol. The Bertz CT molecular complexity index is 128. The molecule has 0 spiro atoms. The summed E-state index contributed by atoms with van der Waals surface area (Å²) < 4.78 is 0. The van der Waals surface area contributed by atoms with Crippen molar-refractivity contribution in [3.8, 4) is 0 Å². The predicted octanol–water partition coefficient (Wildman–Crippen LogP) is 2.94. The Kier molecular flexibility index (Phi) is 4.24. The van der Waals surface area contributed by atoms with Crippen LogP contribution in [0.1, 0.15) is 41.0 Å². The van der Waals surface area contributed by atoms with E-state index < -0.39 is 0 Å². The van der Waals surface area contributed by atoms with Gasteiger partial charge in [-0.15, -0.1) is 0 Å². The summed E-state index contributed by atoms with van der Waals surface area (Å²) in [6.07, 6.45) is 3.29. The second-order valence-corrected chi connectivity index (χ2v) is 3.83. The Hall–Kier alpha value is -0.460. The maximum atomic E-state index is 3.24. The van der Waals surface area contributed by atoms with Gasteiger partial charge in [-0.1, -0.05) is 27.7 Å². The van der Waals surface area contributed by atoms with Gasteiger partial charge in [0.2, 0.25) is 0 Å². The van der Waals surface area contributed by atoms with Crippen LogP contribution in [0.25, 0.3) is 0 Å². The van der Waals surface area contributed by atoms with E-state index >= 15 is 0 Å². The Labute approximate surface area is 70.9 Å². The first-order valence-corrected chi connectivity index (χ1v) is 4.45. The highest BCUT2D eigenvalue weighted by molar-refractivity contribution is 5.08. The highest BCUT2D eigenvalue weighted by Gasteiger charge is 2.14. The van der Waals surface area contributed by atoms with Gasteiger partial charge in [0.25, 0.3) is 0 Å². The molecule has 0 heterocycles. The van der Waals surface area contributed by atoms with E-state index in [1.807, 2.05) is 0 Å². The summed E-state index contributed by atoms with van der Waals surface area (Å²) in [6, 6.07) is 0. The topological polar surface area (TPSA) is 12.0 Å². The minimum absolute atomic E-state index is 0.316. The molecule has 0 aliphatic rings. The summed E-state index contributed by atoms with van der Waals surface area (Å²) in [5, 5.41) is 3.24. The highest BCUT2D eigenvalue weighted by Crippen LogP contribution is 2.26. The third-order valence-electron chi connectivity index (χ3n) is 1.82. The monoisotopic (exact) mass is 155 g/mol. The third-order valence-corrected chi connectivity index (χ3v) is 1.82. The lowest BCUT2D eigenvalue weighted by molar-refractivity contribution is 0.483. The molecule has 0 saturated carbocycles. The van der Waals surface area contributed by atoms with Gasteiger partial charge >= 0.3 is 0 Å². The van der Waals surface area contributed by atoms with E-state index in [9.17, 15) is 0 Å². The van der Waals surface area contributed by atoms with E-state index in [-0.39, 0.29) is 0 Å². The molecular formula is C10H21N. The molecule has 0 fully saturated rings. The van der Waals surface area contributed by atoms with Gasteiger partial charge in [0.05, 0.1) is 0 Å². The molecule has 0 aliphatic carbocycles. The molecule has 0 bridgehead atoms. The smallest absolute Gasteiger partial charge is 0.0113 e. The van der Waals surface area contributed by atoms with Crippen LogP contribution in [0.3, 0.4) is 0 Å². The van der Waals surface area contributed by atoms with Gasteiger partial charge in [0, 0.05) is 6.54 Å². The predicted molar refractivity (Wildman–Crippen MR) is 51.5 cm³/mol. The second-order valence-electron chi connectivity index (χ2n) is 3.83. The lowest BCUT2D eigenvalue weighted by Crippen LogP contribution is -2.13. The fraction of sp³-hybridized carbons (Fsp3) is 0.800. The van der Waals surface area contributed by atoms with Crippen LogP contribution in [0.4, 0.5) is 0 Å². The zero-order valence-corrected chi connectivity index (χ0v) is 8.49. The van der Waals surface area contributed by atoms with Crippen LogP contribution in [0.15, 0.2) is 11.8 Å². The van der Waals surface area contributed by atoms with Crippen LogP contribution >= 0.6 is 0 Å². The highest BCUT2D eigenvalue weighted by atomic mass is 14.8. The molecule has 1 nitrogen and oxygen atoms in total. The van der Waals surface area contributed by atoms with E-state index in [4.69, 9.17) is 0 Å². The van der Waals surface area contributed by atoms with E-state index in [2.05, 4.69) is 46.1 Å². The molecule has 0 aromatic heterocycles. The van der Waals surface area contributed by atoms with Gasteiger partial charge < -0.3 is 5.32 Å². The molecule has 0 saturated heterocycles. The van der Waals surface area contributed by atoms with Crippen molar-refractivity contribution in [1.82, 2.24) is 5.32 Å². The average Bonchev–Trinajstić information content (AvgIpc) is 1.87. The van der Waals surface area contributed by atoms with Gasteiger partial charge in [-0.2, -0.15) is 0 Å². The van der Waals surface area contributed by atoms with Crippen molar-refractivity contribution < 1.29 is 0 Å². The normalized spacial score (nSPS) is 13.4. The lowest BCUT2D eigenvalue weighted by Gasteiger charge is -2.21. The average molecular weight is 155 g/mol. The number of nitrogens with one attached hydrogen (secondary N) is 1. The third kappa shape index (κ3) is 4.07. The number of allylic oxidation sites excluding steroid dienone is 1. The van der Waals surface area contributed by atoms with Gasteiger partial charge in [0.1, 0.15) is 0 Å². The van der Waals surface area contributed by atoms with Gasteiger partial charge in [-0.25, -0.2) is 0 Å². The number of hydrogen-bond acceptors (Lipinski definition) is 1. The van der Waals surface area contributed by atoms with Crippen LogP contribution in [0, 0.1) is 5.41 Å². The molecule has 66 valence electrons. The molecule has 0 unspecified atom stereocenters. The summed E-state index contributed by atoms with van der Waals surface area (Å²) >= 11 is 0. The van der Waals surface area contributed by atoms with Crippen LogP contribution in [0.2, 0.25) is 0 Å². The molecule has 0 rings (SSSR count). The Balaban J connectivity index is 4.16. The zero-order valence-electron chi connectivity index (χ0n) is 8.49. The molecule has 0 atom stereocenters. The maximum Gasteiger partial charge on any atom is 0.0113 e. The van der Waals surface area contributed by atoms with Crippen molar-refractivity contribution in [1.29, 1.82) is 0 Å². The lowest BCUT2D eigenvalue weighted by atomic mass is 9.85. The van der Waals surface area contributed by atoms with E-state index in [0.29, 0.717) is 5.41 Å². The summed E-state index contributed by atoms with van der Waals surface area (Å²) in [7, 11) is 0. The fourth-order valence-electron chi connectivity index (χ4n) is 1.07. The summed E-state index contributed by atoms with van der Waals surface area (Å²) in [5.74, 6) is 0. The quantitative estimate of drug-likeness (QED) is 0.660. The largest absolute Gasteiger partial charge is 0.391 e. The van der Waals surface area contributed by atoms with E-state index in [1.165, 1.54) is 5.57 Å². The first-order chi connectivity index (χ1) is 5.02. The van der Waals surface area contributed by atoms with Crippen LogP contribution < -0.4 is 5.32 Å². The van der Waals surface area contributed by atoms with Crippen molar-refractivity contribution in [2.45, 2.75) is 41.0 Å². The van der Waals surface area contributed by atoms with Crippen molar-refractivity contribution in [2.75, 3.05) is 6.54 Å². The first kappa shape index (κ1) is 10.5. The van der Waals surface area contributed by atoms with E-state index in [1.54, 1.807) is 0 Å². The van der Waals surface area contributed by atoms with E-state index in [0.717, 1.165) is 13.0 Å².